The van der Waals surface area contributed by atoms with E-state index in [0.717, 1.165) is 11.3 Å². The van der Waals surface area contributed by atoms with Gasteiger partial charge < -0.3 is 14.7 Å². The van der Waals surface area contributed by atoms with Gasteiger partial charge in [-0.25, -0.2) is 18.7 Å². The first-order chi connectivity index (χ1) is 18.7. The number of pyridine rings is 1. The van der Waals surface area contributed by atoms with Crippen LogP contribution in [0.3, 0.4) is 0 Å². The fraction of sp³-hybridized carbons (Fsp3) is 0.308. The average Bonchev–Trinajstić information content (AvgIpc) is 3.34. The lowest BCUT2D eigenvalue weighted by atomic mass is 9.92. The number of methoxy groups -OCH3 is 1. The number of aryl methyl sites for hydroxylation is 1. The number of carbonyl (C=O) groups excluding carboxylic acids is 1. The molecule has 10 nitrogen and oxygen atoms in total. The van der Waals surface area contributed by atoms with E-state index >= 15 is 0 Å². The predicted octanol–water partition coefficient (Wildman–Crippen LogP) is 4.19. The number of hydrogen-bond donors (Lipinski definition) is 2. The number of piperidine rings is 1. The third kappa shape index (κ3) is 5.21. The number of amides is 1. The highest BCUT2D eigenvalue weighted by Gasteiger charge is 2.41. The van der Waals surface area contributed by atoms with E-state index in [1.165, 1.54) is 19.5 Å². The Labute approximate surface area is 225 Å². The van der Waals surface area contributed by atoms with Crippen molar-refractivity contribution in [1.29, 1.82) is 5.26 Å². The van der Waals surface area contributed by atoms with E-state index in [-0.39, 0.29) is 36.6 Å². The van der Waals surface area contributed by atoms with Gasteiger partial charge in [-0.1, -0.05) is 11.3 Å². The highest BCUT2D eigenvalue weighted by molar-refractivity contribution is 7.21. The maximum absolute atomic E-state index is 13.4. The highest BCUT2D eigenvalue weighted by Crippen LogP contribution is 2.35. The number of aliphatic hydroxyl groups is 1. The molecule has 2 N–H and O–H groups in total. The number of halogens is 2. The molecule has 4 heterocycles. The minimum absolute atomic E-state index is 0.0800. The Morgan fingerprint density at radius 1 is 1.21 bits per heavy atom. The van der Waals surface area contributed by atoms with Gasteiger partial charge in [0.25, 0.3) is 12.3 Å². The zero-order valence-electron chi connectivity index (χ0n) is 21.0. The van der Waals surface area contributed by atoms with Gasteiger partial charge in [0, 0.05) is 36.1 Å². The van der Waals surface area contributed by atoms with Crippen LogP contribution in [0.2, 0.25) is 0 Å². The van der Waals surface area contributed by atoms with Crippen molar-refractivity contribution in [2.75, 3.05) is 30.4 Å². The van der Waals surface area contributed by atoms with E-state index in [1.54, 1.807) is 36.1 Å². The van der Waals surface area contributed by atoms with Gasteiger partial charge in [0.2, 0.25) is 0 Å². The number of ether oxygens (including phenoxy) is 1. The van der Waals surface area contributed by atoms with Gasteiger partial charge in [-0.15, -0.1) is 0 Å². The van der Waals surface area contributed by atoms with E-state index in [2.05, 4.69) is 31.3 Å². The Morgan fingerprint density at radius 2 is 1.97 bits per heavy atom. The first kappa shape index (κ1) is 26.3. The second-order valence-corrected chi connectivity index (χ2v) is 10.1. The quantitative estimate of drug-likeness (QED) is 0.361. The van der Waals surface area contributed by atoms with Gasteiger partial charge in [0.1, 0.15) is 17.2 Å². The molecular weight excluding hydrogens is 528 g/mol. The monoisotopic (exact) mass is 551 g/mol. The summed E-state index contributed by atoms with van der Waals surface area (Å²) < 4.78 is 31.7. The van der Waals surface area contributed by atoms with Gasteiger partial charge in [-0.2, -0.15) is 10.2 Å². The number of thiazole rings is 1. The number of hydrogen-bond acceptors (Lipinski definition) is 10. The molecule has 1 aliphatic rings. The fourth-order valence-electron chi connectivity index (χ4n) is 4.38. The lowest BCUT2D eigenvalue weighted by Crippen LogP contribution is -2.49. The van der Waals surface area contributed by atoms with E-state index < -0.39 is 17.9 Å². The first-order valence-electron chi connectivity index (χ1n) is 12.0. The van der Waals surface area contributed by atoms with Crippen LogP contribution in [0.5, 0.6) is 5.75 Å². The van der Waals surface area contributed by atoms with Crippen molar-refractivity contribution in [2.45, 2.75) is 31.8 Å². The van der Waals surface area contributed by atoms with Crippen LogP contribution in [0.1, 0.15) is 34.5 Å². The van der Waals surface area contributed by atoms with Crippen LogP contribution < -0.4 is 15.0 Å². The largest absolute Gasteiger partial charge is 0.496 e. The Balaban J connectivity index is 1.40. The minimum atomic E-state index is -2.80. The van der Waals surface area contributed by atoms with Crippen LogP contribution in [-0.4, -0.2) is 63.2 Å². The van der Waals surface area contributed by atoms with Crippen LogP contribution in [0, 0.1) is 18.3 Å². The van der Waals surface area contributed by atoms with E-state index in [9.17, 15) is 23.9 Å². The van der Waals surface area contributed by atoms with Gasteiger partial charge >= 0.3 is 0 Å². The van der Waals surface area contributed by atoms with E-state index in [1.807, 2.05) is 0 Å². The molecule has 1 saturated heterocycles. The maximum Gasteiger partial charge on any atom is 0.266 e. The Kier molecular flexibility index (Phi) is 7.07. The number of carbonyl (C=O) groups is 1. The molecule has 0 unspecified atom stereocenters. The topological polar surface area (TPSA) is 137 Å². The summed E-state index contributed by atoms with van der Waals surface area (Å²) >= 11 is 1.12. The molecule has 0 spiro atoms. The first-order valence-corrected chi connectivity index (χ1v) is 12.8. The minimum Gasteiger partial charge on any atom is -0.496 e. The van der Waals surface area contributed by atoms with Crippen LogP contribution in [0.25, 0.3) is 21.6 Å². The molecule has 0 atom stereocenters. The number of fused-ring (bicyclic) bond motifs is 1. The number of rotatable bonds is 6. The Morgan fingerprint density at radius 3 is 2.67 bits per heavy atom. The van der Waals surface area contributed by atoms with Crippen molar-refractivity contribution < 1.29 is 23.4 Å². The third-order valence-electron chi connectivity index (χ3n) is 6.59. The van der Waals surface area contributed by atoms with Crippen LogP contribution in [0.4, 0.5) is 19.7 Å². The van der Waals surface area contributed by atoms with Crippen molar-refractivity contribution in [3.05, 3.63) is 53.5 Å². The van der Waals surface area contributed by atoms with Crippen LogP contribution >= 0.6 is 11.3 Å². The second kappa shape index (κ2) is 10.5. The second-order valence-electron chi connectivity index (χ2n) is 9.12. The smallest absolute Gasteiger partial charge is 0.266 e. The summed E-state index contributed by atoms with van der Waals surface area (Å²) in [5.41, 5.74) is 0.808. The number of nitrogens with zero attached hydrogens (tertiary/aromatic N) is 6. The number of anilines is 2. The maximum atomic E-state index is 13.4. The standard InChI is InChI=1S/C26H23F2N7O3S/c1-14-9-16(17-10-15(11-29)3-4-19(17)38-2)18(12-30-14)22(36)34-25-33-21-23(39-25)32-20(13-31-21)35-7-5-26(37,6-8-35)24(27)28/h3-4,9-10,12-13,24,37H,5-8H2,1-2H3,(H,31,33,34,36). The molecule has 1 aliphatic heterocycles. The number of nitriles is 1. The molecule has 200 valence electrons. The molecule has 0 radical (unpaired) electrons. The Bertz CT molecular complexity index is 1600. The van der Waals surface area contributed by atoms with Crippen molar-refractivity contribution in [3.8, 4) is 22.9 Å². The SMILES string of the molecule is COc1ccc(C#N)cc1-c1cc(C)ncc1C(=O)Nc1nc2ncc(N3CCC(O)(C(F)F)CC3)nc2s1. The summed E-state index contributed by atoms with van der Waals surface area (Å²) in [4.78, 5) is 33.1. The van der Waals surface area contributed by atoms with E-state index in [4.69, 9.17) is 4.74 Å². The summed E-state index contributed by atoms with van der Waals surface area (Å²) in [6, 6.07) is 8.80. The lowest BCUT2D eigenvalue weighted by molar-refractivity contribution is -0.109. The van der Waals surface area contributed by atoms with E-state index in [0.29, 0.717) is 44.4 Å². The summed E-state index contributed by atoms with van der Waals surface area (Å²) in [5, 5.41) is 22.5. The zero-order chi connectivity index (χ0) is 27.7. The van der Waals surface area contributed by atoms with Gasteiger partial charge in [-0.3, -0.25) is 15.1 Å². The lowest BCUT2D eigenvalue weighted by Gasteiger charge is -2.37. The molecule has 0 aliphatic carbocycles. The molecule has 1 amide bonds. The number of nitrogens with one attached hydrogen (secondary N) is 1. The van der Waals surface area contributed by atoms with Crippen molar-refractivity contribution in [1.82, 2.24) is 19.9 Å². The van der Waals surface area contributed by atoms with Crippen LogP contribution in [-0.2, 0) is 0 Å². The summed E-state index contributed by atoms with van der Waals surface area (Å²) in [5.74, 6) is 0.512. The Hall–Kier alpha value is -4.28. The zero-order valence-corrected chi connectivity index (χ0v) is 21.8. The number of aromatic nitrogens is 4. The molecule has 5 rings (SSSR count). The molecule has 13 heteroatoms. The van der Waals surface area contributed by atoms with Gasteiger partial charge in [-0.05, 0) is 44.0 Å². The van der Waals surface area contributed by atoms with Crippen molar-refractivity contribution in [2.24, 2.45) is 0 Å². The normalized spacial score (nSPS) is 14.8. The summed E-state index contributed by atoms with van der Waals surface area (Å²) in [6.07, 6.45) is -0.0116. The predicted molar refractivity (Wildman–Crippen MR) is 141 cm³/mol. The third-order valence-corrected chi connectivity index (χ3v) is 7.45. The van der Waals surface area contributed by atoms with Gasteiger partial charge in [0.05, 0.1) is 30.5 Å². The summed E-state index contributed by atoms with van der Waals surface area (Å²) in [7, 11) is 1.51. The molecule has 39 heavy (non-hydrogen) atoms. The fourth-order valence-corrected chi connectivity index (χ4v) is 5.16. The number of benzene rings is 1. The molecule has 0 bridgehead atoms. The molecule has 0 saturated carbocycles. The summed E-state index contributed by atoms with van der Waals surface area (Å²) in [6.45, 7) is 2.22. The average molecular weight is 552 g/mol. The number of alkyl halides is 2. The molecule has 1 fully saturated rings. The van der Waals surface area contributed by atoms with Crippen molar-refractivity contribution in [3.63, 3.8) is 0 Å². The van der Waals surface area contributed by atoms with Gasteiger partial charge in [0.15, 0.2) is 15.6 Å². The molecule has 3 aromatic heterocycles. The van der Waals surface area contributed by atoms with Crippen molar-refractivity contribution >= 4 is 38.7 Å². The van der Waals surface area contributed by atoms with Crippen LogP contribution in [0.15, 0.2) is 36.7 Å². The molecule has 4 aromatic rings. The highest BCUT2D eigenvalue weighted by atomic mass is 32.1. The molecule has 1 aromatic carbocycles. The molecular formula is C26H23F2N7O3S.